The average molecular weight is 707 g/mol. The maximum absolute atomic E-state index is 12.8. The van der Waals surface area contributed by atoms with E-state index >= 15 is 0 Å². The summed E-state index contributed by atoms with van der Waals surface area (Å²) >= 11 is 0. The normalized spacial score (nSPS) is 12.0. The minimum absolute atomic E-state index is 0.246. The van der Waals surface area contributed by atoms with Crippen molar-refractivity contribution in [2.75, 3.05) is 0 Å². The lowest BCUT2D eigenvalue weighted by Crippen LogP contribution is -2.31. The topological polar surface area (TPSA) is 74.6 Å². The number of hydrogen-bond donors (Lipinski definition) is 2. The zero-order valence-electron chi connectivity index (χ0n) is 34.5. The van der Waals surface area contributed by atoms with Crippen molar-refractivity contribution >= 4 is 11.9 Å². The third-order valence-corrected chi connectivity index (χ3v) is 11.4. The van der Waals surface area contributed by atoms with Gasteiger partial charge < -0.3 is 10.2 Å². The smallest absolute Gasteiger partial charge is 0.309 e. The van der Waals surface area contributed by atoms with Crippen molar-refractivity contribution in [1.29, 1.82) is 0 Å². The van der Waals surface area contributed by atoms with Crippen LogP contribution in [-0.4, -0.2) is 22.2 Å². The van der Waals surface area contributed by atoms with Crippen molar-refractivity contribution in [2.45, 2.75) is 265 Å². The molecule has 0 aromatic carbocycles. The van der Waals surface area contributed by atoms with Crippen LogP contribution in [0.4, 0.5) is 0 Å². The first-order valence-electron chi connectivity index (χ1n) is 22.6. The summed E-state index contributed by atoms with van der Waals surface area (Å²) < 4.78 is 0. The van der Waals surface area contributed by atoms with Crippen LogP contribution in [0.25, 0.3) is 0 Å². The second-order valence-corrected chi connectivity index (χ2v) is 17.3. The first kappa shape index (κ1) is 48.9. The number of unbranched alkanes of at least 4 members (excludes halogenated alkanes) is 28. The van der Waals surface area contributed by atoms with E-state index in [2.05, 4.69) is 27.7 Å². The van der Waals surface area contributed by atoms with Gasteiger partial charge in [-0.2, -0.15) is 0 Å². The zero-order chi connectivity index (χ0) is 37.0. The van der Waals surface area contributed by atoms with E-state index in [4.69, 9.17) is 5.11 Å². The molecule has 0 aliphatic rings. The first-order valence-corrected chi connectivity index (χ1v) is 22.6. The summed E-state index contributed by atoms with van der Waals surface area (Å²) in [4.78, 5) is 23.6. The summed E-state index contributed by atoms with van der Waals surface area (Å²) in [6.07, 6.45) is 44.6. The monoisotopic (exact) mass is 707 g/mol. The molecule has 0 aliphatic carbocycles. The molecular weight excluding hydrogens is 617 g/mol. The van der Waals surface area contributed by atoms with E-state index in [0.717, 1.165) is 76.0 Å². The van der Waals surface area contributed by atoms with Gasteiger partial charge in [0.25, 0.3) is 0 Å². The third-order valence-electron chi connectivity index (χ3n) is 11.4. The van der Waals surface area contributed by atoms with E-state index in [9.17, 15) is 14.7 Å². The number of aliphatic carboxylic acids is 2. The summed E-state index contributed by atoms with van der Waals surface area (Å²) in [5, 5.41) is 19.4. The van der Waals surface area contributed by atoms with E-state index in [1.54, 1.807) is 0 Å². The van der Waals surface area contributed by atoms with E-state index in [-0.39, 0.29) is 6.42 Å². The Balaban J connectivity index is 4.25. The number of carboxylic acids is 2. The van der Waals surface area contributed by atoms with Crippen LogP contribution in [0.3, 0.4) is 0 Å². The minimum Gasteiger partial charge on any atom is -0.481 e. The van der Waals surface area contributed by atoms with Gasteiger partial charge in [-0.25, -0.2) is 0 Å². The lowest BCUT2D eigenvalue weighted by atomic mass is 9.74. The van der Waals surface area contributed by atoms with Gasteiger partial charge in [-0.3, -0.25) is 9.59 Å². The Morgan fingerprint density at radius 3 is 0.800 bits per heavy atom. The van der Waals surface area contributed by atoms with Crippen LogP contribution in [0, 0.1) is 17.3 Å². The fraction of sp³-hybridized carbons (Fsp3) is 0.957. The molecule has 0 unspecified atom stereocenters. The average Bonchev–Trinajstić information content (AvgIpc) is 3.06. The highest BCUT2D eigenvalue weighted by Crippen LogP contribution is 2.38. The highest BCUT2D eigenvalue weighted by molar-refractivity contribution is 5.74. The molecule has 0 aliphatic heterocycles. The molecule has 0 atom stereocenters. The van der Waals surface area contributed by atoms with Crippen LogP contribution >= 0.6 is 0 Å². The SMILES string of the molecule is CC(C)CCCCCCCCCCCCCCCC(CCCCCCCCCCCCCCCC(C)C)(CCCCCCCC(=O)O)C(=O)O. The summed E-state index contributed by atoms with van der Waals surface area (Å²) in [6, 6.07) is 0. The zero-order valence-corrected chi connectivity index (χ0v) is 34.5. The molecule has 0 spiro atoms. The van der Waals surface area contributed by atoms with Crippen LogP contribution in [-0.2, 0) is 9.59 Å². The Labute approximate surface area is 313 Å². The molecule has 0 rings (SSSR count). The quantitative estimate of drug-likeness (QED) is 0.0621. The van der Waals surface area contributed by atoms with Crippen molar-refractivity contribution in [1.82, 2.24) is 0 Å². The summed E-state index contributed by atoms with van der Waals surface area (Å²) in [5.74, 6) is 0.416. The highest BCUT2D eigenvalue weighted by atomic mass is 16.4. The van der Waals surface area contributed by atoms with Gasteiger partial charge in [-0.15, -0.1) is 0 Å². The fourth-order valence-corrected chi connectivity index (χ4v) is 7.89. The fourth-order valence-electron chi connectivity index (χ4n) is 7.89. The van der Waals surface area contributed by atoms with Gasteiger partial charge in [-0.1, -0.05) is 233 Å². The first-order chi connectivity index (χ1) is 24.2. The van der Waals surface area contributed by atoms with Crippen molar-refractivity contribution in [3.05, 3.63) is 0 Å². The lowest BCUT2D eigenvalue weighted by molar-refractivity contribution is -0.151. The van der Waals surface area contributed by atoms with Gasteiger partial charge in [0.1, 0.15) is 0 Å². The third kappa shape index (κ3) is 34.0. The van der Waals surface area contributed by atoms with Crippen molar-refractivity contribution in [3.8, 4) is 0 Å². The van der Waals surface area contributed by atoms with E-state index < -0.39 is 17.4 Å². The number of carbonyl (C=O) groups is 2. The molecule has 0 fully saturated rings. The van der Waals surface area contributed by atoms with Crippen LogP contribution in [0.5, 0.6) is 0 Å². The van der Waals surface area contributed by atoms with E-state index in [1.807, 2.05) is 0 Å². The Kier molecular flexibility index (Phi) is 35.5. The Morgan fingerprint density at radius 1 is 0.360 bits per heavy atom. The summed E-state index contributed by atoms with van der Waals surface area (Å²) in [6.45, 7) is 9.30. The van der Waals surface area contributed by atoms with Gasteiger partial charge in [0.05, 0.1) is 5.41 Å². The molecule has 0 aromatic rings. The highest BCUT2D eigenvalue weighted by Gasteiger charge is 2.36. The van der Waals surface area contributed by atoms with Gasteiger partial charge in [0, 0.05) is 6.42 Å². The van der Waals surface area contributed by atoms with Crippen LogP contribution in [0.2, 0.25) is 0 Å². The van der Waals surface area contributed by atoms with Crippen molar-refractivity contribution < 1.29 is 19.8 Å². The molecule has 0 aromatic heterocycles. The molecule has 2 N–H and O–H groups in total. The number of carboxylic acid groups (broad SMARTS) is 2. The minimum atomic E-state index is -0.716. The van der Waals surface area contributed by atoms with Crippen molar-refractivity contribution in [2.24, 2.45) is 17.3 Å². The Hall–Kier alpha value is -1.06. The lowest BCUT2D eigenvalue weighted by Gasteiger charge is -2.30. The van der Waals surface area contributed by atoms with Gasteiger partial charge in [0.15, 0.2) is 0 Å². The molecule has 0 amide bonds. The second-order valence-electron chi connectivity index (χ2n) is 17.3. The van der Waals surface area contributed by atoms with Crippen LogP contribution < -0.4 is 0 Å². The second kappa shape index (κ2) is 36.3. The van der Waals surface area contributed by atoms with E-state index in [1.165, 1.54) is 167 Å². The van der Waals surface area contributed by atoms with Gasteiger partial charge >= 0.3 is 11.9 Å². The maximum Gasteiger partial charge on any atom is 0.309 e. The standard InChI is InChI=1S/C46H90O4/c1-42(2)36-30-24-19-15-11-7-5-9-13-17-21-27-33-39-46(45(49)50,41-35-29-23-26-32-38-44(47)48)40-34-28-22-18-14-10-6-8-12-16-20-25-31-37-43(3)4/h42-43H,5-41H2,1-4H3,(H,47,48)(H,49,50). The number of rotatable bonds is 41. The summed E-state index contributed by atoms with van der Waals surface area (Å²) in [5.41, 5.74) is -0.565. The van der Waals surface area contributed by atoms with Crippen LogP contribution in [0.15, 0.2) is 0 Å². The predicted octanol–water partition coefficient (Wildman–Crippen LogP) is 15.9. The molecular formula is C46H90O4. The molecule has 298 valence electrons. The van der Waals surface area contributed by atoms with Gasteiger partial charge in [-0.05, 0) is 37.5 Å². The maximum atomic E-state index is 12.8. The molecule has 50 heavy (non-hydrogen) atoms. The molecule has 0 heterocycles. The Morgan fingerprint density at radius 2 is 0.580 bits per heavy atom. The largest absolute Gasteiger partial charge is 0.481 e. The molecule has 0 radical (unpaired) electrons. The molecule has 0 saturated carbocycles. The van der Waals surface area contributed by atoms with Crippen molar-refractivity contribution in [3.63, 3.8) is 0 Å². The predicted molar refractivity (Wildman–Crippen MR) is 218 cm³/mol. The number of hydrogen-bond acceptors (Lipinski definition) is 2. The Bertz CT molecular complexity index is 692. The van der Waals surface area contributed by atoms with Gasteiger partial charge in [0.2, 0.25) is 0 Å². The molecule has 4 nitrogen and oxygen atoms in total. The van der Waals surface area contributed by atoms with E-state index in [0.29, 0.717) is 0 Å². The molecule has 0 bridgehead atoms. The molecule has 4 heteroatoms. The molecule has 0 saturated heterocycles. The van der Waals surface area contributed by atoms with Crippen LogP contribution in [0.1, 0.15) is 265 Å². The summed E-state index contributed by atoms with van der Waals surface area (Å²) in [7, 11) is 0.